The molecule has 0 bridgehead atoms. The van der Waals surface area contributed by atoms with E-state index < -0.39 is 0 Å². The lowest BCUT2D eigenvalue weighted by Crippen LogP contribution is -2.36. The van der Waals surface area contributed by atoms with Crippen molar-refractivity contribution in [3.63, 3.8) is 0 Å². The fourth-order valence-electron chi connectivity index (χ4n) is 2.72. The Kier molecular flexibility index (Phi) is 6.45. The number of aromatic nitrogens is 1. The molecule has 21 heavy (non-hydrogen) atoms. The maximum atomic E-state index is 5.86. The van der Waals surface area contributed by atoms with Crippen LogP contribution in [-0.4, -0.2) is 17.1 Å². The van der Waals surface area contributed by atoms with Crippen molar-refractivity contribution in [2.75, 3.05) is 6.54 Å². The predicted molar refractivity (Wildman–Crippen MR) is 89.5 cm³/mol. The normalized spacial score (nSPS) is 14.4. The van der Waals surface area contributed by atoms with Crippen molar-refractivity contribution in [3.8, 4) is 0 Å². The smallest absolute Gasteiger partial charge is 0.194 e. The van der Waals surface area contributed by atoms with E-state index in [0.29, 0.717) is 11.3 Å². The first-order valence-corrected chi connectivity index (χ1v) is 8.24. The molecule has 0 amide bonds. The van der Waals surface area contributed by atoms with Crippen molar-refractivity contribution < 1.29 is 4.42 Å². The van der Waals surface area contributed by atoms with Crippen LogP contribution in [0.4, 0.5) is 0 Å². The van der Waals surface area contributed by atoms with Crippen LogP contribution in [0.5, 0.6) is 0 Å². The van der Waals surface area contributed by atoms with Gasteiger partial charge in [-0.05, 0) is 51.5 Å². The van der Waals surface area contributed by atoms with Crippen LogP contribution in [0.15, 0.2) is 10.6 Å². The van der Waals surface area contributed by atoms with E-state index in [2.05, 4.69) is 58.8 Å². The van der Waals surface area contributed by atoms with E-state index in [1.54, 1.807) is 0 Å². The molecular formula is C18H34N2O. The lowest BCUT2D eigenvalue weighted by Gasteiger charge is -2.22. The van der Waals surface area contributed by atoms with Crippen molar-refractivity contribution in [3.05, 3.63) is 17.8 Å². The summed E-state index contributed by atoms with van der Waals surface area (Å²) in [4.78, 5) is 4.41. The Hall–Kier alpha value is -0.830. The molecule has 0 radical (unpaired) electrons. The zero-order valence-electron chi connectivity index (χ0n) is 15.0. The highest BCUT2D eigenvalue weighted by atomic mass is 16.4. The monoisotopic (exact) mass is 294 g/mol. The molecular weight excluding hydrogens is 260 g/mol. The summed E-state index contributed by atoms with van der Waals surface area (Å²) in [6.45, 7) is 16.7. The van der Waals surface area contributed by atoms with Crippen molar-refractivity contribution in [2.24, 2.45) is 11.3 Å². The number of nitrogens with zero attached hydrogens (tertiary/aromatic N) is 1. The first-order chi connectivity index (χ1) is 9.55. The molecule has 0 fully saturated rings. The van der Waals surface area contributed by atoms with E-state index in [-0.39, 0.29) is 5.54 Å². The van der Waals surface area contributed by atoms with Gasteiger partial charge in [-0.1, -0.05) is 27.7 Å². The second kappa shape index (κ2) is 7.44. The Morgan fingerprint density at radius 2 is 1.86 bits per heavy atom. The third-order valence-corrected chi connectivity index (χ3v) is 3.33. The van der Waals surface area contributed by atoms with Gasteiger partial charge in [0.15, 0.2) is 5.89 Å². The summed E-state index contributed by atoms with van der Waals surface area (Å²) in [7, 11) is 0. The molecule has 0 aliphatic rings. The van der Waals surface area contributed by atoms with Crippen LogP contribution in [-0.2, 0) is 12.8 Å². The minimum absolute atomic E-state index is 0.185. The minimum atomic E-state index is 0.185. The van der Waals surface area contributed by atoms with Crippen LogP contribution in [0.2, 0.25) is 0 Å². The third kappa shape index (κ3) is 8.92. The standard InChI is InChI=1S/C18H34N2O/c1-14(12-17(2,3)4)11-15-13-19-16(21-15)9-8-10-20-18(5,6)7/h13-14,20H,8-12H2,1-7H3. The first-order valence-electron chi connectivity index (χ1n) is 8.24. The molecule has 1 aromatic rings. The number of rotatable bonds is 7. The van der Waals surface area contributed by atoms with Crippen molar-refractivity contribution in [2.45, 2.75) is 79.7 Å². The van der Waals surface area contributed by atoms with Gasteiger partial charge in [0.05, 0.1) is 6.20 Å². The van der Waals surface area contributed by atoms with Gasteiger partial charge < -0.3 is 9.73 Å². The van der Waals surface area contributed by atoms with Gasteiger partial charge in [-0.25, -0.2) is 4.98 Å². The molecule has 0 saturated heterocycles. The number of hydrogen-bond donors (Lipinski definition) is 1. The molecule has 0 aromatic carbocycles. The zero-order chi connectivity index (χ0) is 16.1. The zero-order valence-corrected chi connectivity index (χ0v) is 15.0. The average molecular weight is 294 g/mol. The van der Waals surface area contributed by atoms with Gasteiger partial charge in [-0.15, -0.1) is 0 Å². The summed E-state index contributed by atoms with van der Waals surface area (Å²) in [5.41, 5.74) is 0.561. The fourth-order valence-corrected chi connectivity index (χ4v) is 2.72. The minimum Gasteiger partial charge on any atom is -0.446 e. The summed E-state index contributed by atoms with van der Waals surface area (Å²) in [5, 5.41) is 3.49. The molecule has 1 aromatic heterocycles. The van der Waals surface area contributed by atoms with Gasteiger partial charge in [0.2, 0.25) is 0 Å². The topological polar surface area (TPSA) is 38.1 Å². The maximum absolute atomic E-state index is 5.86. The number of aryl methyl sites for hydroxylation is 1. The van der Waals surface area contributed by atoms with Crippen molar-refractivity contribution in [1.82, 2.24) is 10.3 Å². The molecule has 1 rings (SSSR count). The summed E-state index contributed by atoms with van der Waals surface area (Å²) in [5.74, 6) is 2.54. The first kappa shape index (κ1) is 18.2. The van der Waals surface area contributed by atoms with E-state index >= 15 is 0 Å². The Morgan fingerprint density at radius 3 is 2.43 bits per heavy atom. The molecule has 122 valence electrons. The second-order valence-electron chi connectivity index (χ2n) is 8.57. The molecule has 0 aliphatic carbocycles. The van der Waals surface area contributed by atoms with Crippen LogP contribution < -0.4 is 5.32 Å². The molecule has 1 heterocycles. The molecule has 1 N–H and O–H groups in total. The Labute approximate surface area is 130 Å². The Bertz CT molecular complexity index is 410. The number of nitrogens with one attached hydrogen (secondary N) is 1. The summed E-state index contributed by atoms with van der Waals surface area (Å²) < 4.78 is 5.86. The average Bonchev–Trinajstić information content (AvgIpc) is 2.68. The van der Waals surface area contributed by atoms with Crippen LogP contribution in [0.1, 0.15) is 73.0 Å². The summed E-state index contributed by atoms with van der Waals surface area (Å²) in [6.07, 6.45) is 6.08. The van der Waals surface area contributed by atoms with Gasteiger partial charge in [-0.3, -0.25) is 0 Å². The van der Waals surface area contributed by atoms with E-state index in [4.69, 9.17) is 4.42 Å². The molecule has 0 spiro atoms. The van der Waals surface area contributed by atoms with Gasteiger partial charge in [0.1, 0.15) is 5.76 Å². The Balaban J connectivity index is 2.33. The molecule has 1 unspecified atom stereocenters. The lowest BCUT2D eigenvalue weighted by molar-refractivity contribution is 0.294. The van der Waals surface area contributed by atoms with Crippen LogP contribution in [0, 0.1) is 11.3 Å². The van der Waals surface area contributed by atoms with E-state index in [9.17, 15) is 0 Å². The Morgan fingerprint density at radius 1 is 1.19 bits per heavy atom. The summed E-state index contributed by atoms with van der Waals surface area (Å²) in [6, 6.07) is 0. The SMILES string of the molecule is CC(Cc1cnc(CCCNC(C)(C)C)o1)CC(C)(C)C. The van der Waals surface area contributed by atoms with Crippen LogP contribution >= 0.6 is 0 Å². The quantitative estimate of drug-likeness (QED) is 0.746. The van der Waals surface area contributed by atoms with E-state index in [1.165, 1.54) is 6.42 Å². The van der Waals surface area contributed by atoms with Gasteiger partial charge in [-0.2, -0.15) is 0 Å². The van der Waals surface area contributed by atoms with E-state index in [1.807, 2.05) is 6.20 Å². The molecule has 3 heteroatoms. The van der Waals surface area contributed by atoms with Crippen molar-refractivity contribution >= 4 is 0 Å². The van der Waals surface area contributed by atoms with Gasteiger partial charge in [0, 0.05) is 18.4 Å². The molecule has 3 nitrogen and oxygen atoms in total. The lowest BCUT2D eigenvalue weighted by atomic mass is 9.84. The van der Waals surface area contributed by atoms with Crippen molar-refractivity contribution in [1.29, 1.82) is 0 Å². The fraction of sp³-hybridized carbons (Fsp3) is 0.833. The number of hydrogen-bond acceptors (Lipinski definition) is 3. The van der Waals surface area contributed by atoms with Crippen LogP contribution in [0.3, 0.4) is 0 Å². The highest BCUT2D eigenvalue weighted by Gasteiger charge is 2.17. The van der Waals surface area contributed by atoms with Crippen LogP contribution in [0.25, 0.3) is 0 Å². The van der Waals surface area contributed by atoms with E-state index in [0.717, 1.165) is 37.5 Å². The maximum Gasteiger partial charge on any atom is 0.194 e. The van der Waals surface area contributed by atoms with Gasteiger partial charge >= 0.3 is 0 Å². The highest BCUT2D eigenvalue weighted by molar-refractivity contribution is 4.96. The third-order valence-electron chi connectivity index (χ3n) is 3.33. The summed E-state index contributed by atoms with van der Waals surface area (Å²) >= 11 is 0. The predicted octanol–water partition coefficient (Wildman–Crippen LogP) is 4.61. The molecule has 0 aliphatic heterocycles. The molecule has 0 saturated carbocycles. The highest BCUT2D eigenvalue weighted by Crippen LogP contribution is 2.26. The largest absolute Gasteiger partial charge is 0.446 e. The number of oxazole rings is 1. The molecule has 1 atom stereocenters. The van der Waals surface area contributed by atoms with Gasteiger partial charge in [0.25, 0.3) is 0 Å². The second-order valence-corrected chi connectivity index (χ2v) is 8.57.